The van der Waals surface area contributed by atoms with Crippen molar-refractivity contribution in [2.75, 3.05) is 5.32 Å². The Bertz CT molecular complexity index is 1030. The summed E-state index contributed by atoms with van der Waals surface area (Å²) in [6, 6.07) is 11.0. The Labute approximate surface area is 157 Å². The SMILES string of the molecule is Cc1nc(C#Cc2cccc(C(=O)Nc3ccc(C(F)(F)F)cc3)c2)cs1. The van der Waals surface area contributed by atoms with Crippen molar-refractivity contribution in [3.05, 3.63) is 81.3 Å². The van der Waals surface area contributed by atoms with Crippen LogP contribution in [-0.4, -0.2) is 10.9 Å². The van der Waals surface area contributed by atoms with E-state index in [0.29, 0.717) is 16.8 Å². The number of rotatable bonds is 2. The summed E-state index contributed by atoms with van der Waals surface area (Å²) in [5.41, 5.74) is 1.17. The van der Waals surface area contributed by atoms with Crippen molar-refractivity contribution in [2.45, 2.75) is 13.1 Å². The Morgan fingerprint density at radius 1 is 1.11 bits per heavy atom. The van der Waals surface area contributed by atoms with Gasteiger partial charge in [0.1, 0.15) is 5.69 Å². The molecule has 3 aromatic rings. The Kier molecular flexibility index (Phi) is 5.28. The van der Waals surface area contributed by atoms with Crippen molar-refractivity contribution >= 4 is 22.9 Å². The molecule has 3 rings (SSSR count). The minimum atomic E-state index is -4.41. The van der Waals surface area contributed by atoms with E-state index in [1.807, 2.05) is 12.3 Å². The van der Waals surface area contributed by atoms with E-state index >= 15 is 0 Å². The minimum absolute atomic E-state index is 0.280. The van der Waals surface area contributed by atoms with E-state index in [0.717, 1.165) is 17.1 Å². The maximum absolute atomic E-state index is 12.6. The molecule has 0 fully saturated rings. The second kappa shape index (κ2) is 7.64. The van der Waals surface area contributed by atoms with Gasteiger partial charge in [-0.2, -0.15) is 13.2 Å². The lowest BCUT2D eigenvalue weighted by molar-refractivity contribution is -0.137. The zero-order valence-corrected chi connectivity index (χ0v) is 14.9. The van der Waals surface area contributed by atoms with Gasteiger partial charge in [-0.15, -0.1) is 11.3 Å². The van der Waals surface area contributed by atoms with Crippen molar-refractivity contribution in [2.24, 2.45) is 0 Å². The number of nitrogens with one attached hydrogen (secondary N) is 1. The highest BCUT2D eigenvalue weighted by Crippen LogP contribution is 2.29. The highest BCUT2D eigenvalue weighted by molar-refractivity contribution is 7.09. The van der Waals surface area contributed by atoms with Crippen LogP contribution in [0.1, 0.15) is 32.2 Å². The van der Waals surface area contributed by atoms with E-state index in [1.165, 1.54) is 23.5 Å². The van der Waals surface area contributed by atoms with Gasteiger partial charge in [-0.25, -0.2) is 4.98 Å². The minimum Gasteiger partial charge on any atom is -0.322 e. The first kappa shape index (κ1) is 18.7. The molecule has 7 heteroatoms. The fraction of sp³-hybridized carbons (Fsp3) is 0.100. The second-order valence-electron chi connectivity index (χ2n) is 5.61. The van der Waals surface area contributed by atoms with Crippen LogP contribution >= 0.6 is 11.3 Å². The van der Waals surface area contributed by atoms with Crippen LogP contribution in [0.15, 0.2) is 53.9 Å². The highest BCUT2D eigenvalue weighted by atomic mass is 32.1. The van der Waals surface area contributed by atoms with Crippen LogP contribution in [-0.2, 0) is 6.18 Å². The molecule has 0 atom stereocenters. The summed E-state index contributed by atoms with van der Waals surface area (Å²) in [6.45, 7) is 1.89. The first-order chi connectivity index (χ1) is 12.8. The first-order valence-electron chi connectivity index (χ1n) is 7.84. The van der Waals surface area contributed by atoms with E-state index in [4.69, 9.17) is 0 Å². The average molecular weight is 386 g/mol. The molecule has 0 spiro atoms. The third-order valence-corrected chi connectivity index (χ3v) is 4.32. The summed E-state index contributed by atoms with van der Waals surface area (Å²) in [6.07, 6.45) is -4.41. The molecule has 2 aromatic carbocycles. The molecule has 0 aliphatic rings. The molecule has 0 bridgehead atoms. The molecule has 1 N–H and O–H groups in total. The second-order valence-corrected chi connectivity index (χ2v) is 6.67. The Balaban J connectivity index is 1.73. The van der Waals surface area contributed by atoms with Crippen molar-refractivity contribution in [1.29, 1.82) is 0 Å². The number of anilines is 1. The van der Waals surface area contributed by atoms with Crippen molar-refractivity contribution < 1.29 is 18.0 Å². The molecule has 0 radical (unpaired) electrons. The number of hydrogen-bond acceptors (Lipinski definition) is 3. The lowest BCUT2D eigenvalue weighted by Gasteiger charge is -2.09. The lowest BCUT2D eigenvalue weighted by Crippen LogP contribution is -2.12. The summed E-state index contributed by atoms with van der Waals surface area (Å²) in [5, 5.41) is 5.35. The largest absolute Gasteiger partial charge is 0.416 e. The van der Waals surface area contributed by atoms with Gasteiger partial charge in [0.15, 0.2) is 0 Å². The predicted molar refractivity (Wildman–Crippen MR) is 98.7 cm³/mol. The maximum Gasteiger partial charge on any atom is 0.416 e. The van der Waals surface area contributed by atoms with Crippen LogP contribution in [0.25, 0.3) is 0 Å². The normalized spacial score (nSPS) is 10.8. The lowest BCUT2D eigenvalue weighted by atomic mass is 10.1. The molecule has 27 heavy (non-hydrogen) atoms. The molecule has 0 saturated heterocycles. The molecular formula is C20H13F3N2OS. The number of thiazole rings is 1. The van der Waals surface area contributed by atoms with Crippen molar-refractivity contribution in [3.63, 3.8) is 0 Å². The first-order valence-corrected chi connectivity index (χ1v) is 8.72. The standard InChI is InChI=1S/C20H13F3N2OS/c1-13-24-18(12-27-13)8-5-14-3-2-4-15(11-14)19(26)25-17-9-6-16(7-10-17)20(21,22)23/h2-4,6-7,9-12H,1H3,(H,25,26). The summed E-state index contributed by atoms with van der Waals surface area (Å²) < 4.78 is 37.8. The quantitative estimate of drug-likeness (QED) is 0.621. The smallest absolute Gasteiger partial charge is 0.322 e. The van der Waals surface area contributed by atoms with E-state index < -0.39 is 17.6 Å². The number of carbonyl (C=O) groups is 1. The fourth-order valence-corrected chi connectivity index (χ4v) is 2.79. The summed E-state index contributed by atoms with van der Waals surface area (Å²) >= 11 is 1.50. The monoisotopic (exact) mass is 386 g/mol. The van der Waals surface area contributed by atoms with Crippen LogP contribution in [0.4, 0.5) is 18.9 Å². The number of benzene rings is 2. The van der Waals surface area contributed by atoms with Gasteiger partial charge in [0.05, 0.1) is 10.6 Å². The molecule has 1 amide bonds. The number of halogens is 3. The topological polar surface area (TPSA) is 42.0 Å². The number of alkyl halides is 3. The molecular weight excluding hydrogens is 373 g/mol. The third-order valence-electron chi connectivity index (χ3n) is 3.55. The molecule has 0 saturated carbocycles. The van der Waals surface area contributed by atoms with Gasteiger partial charge < -0.3 is 5.32 Å². The van der Waals surface area contributed by atoms with Gasteiger partial charge in [-0.1, -0.05) is 12.0 Å². The van der Waals surface area contributed by atoms with Crippen LogP contribution in [0.2, 0.25) is 0 Å². The maximum atomic E-state index is 12.6. The molecule has 136 valence electrons. The number of amides is 1. The van der Waals surface area contributed by atoms with E-state index in [9.17, 15) is 18.0 Å². The third kappa shape index (κ3) is 4.96. The number of aromatic nitrogens is 1. The van der Waals surface area contributed by atoms with Gasteiger partial charge in [-0.3, -0.25) is 4.79 Å². The van der Waals surface area contributed by atoms with E-state index in [1.54, 1.807) is 24.3 Å². The zero-order valence-electron chi connectivity index (χ0n) is 14.1. The van der Waals surface area contributed by atoms with Crippen LogP contribution in [0.5, 0.6) is 0 Å². The molecule has 0 unspecified atom stereocenters. The number of carbonyl (C=O) groups excluding carboxylic acids is 1. The molecule has 0 aliphatic heterocycles. The van der Waals surface area contributed by atoms with Gasteiger partial charge in [0.2, 0.25) is 0 Å². The molecule has 1 heterocycles. The molecule has 1 aromatic heterocycles. The summed E-state index contributed by atoms with van der Waals surface area (Å²) in [5.74, 6) is 5.45. The Hall–Kier alpha value is -3.11. The van der Waals surface area contributed by atoms with Gasteiger partial charge in [0, 0.05) is 22.2 Å². The van der Waals surface area contributed by atoms with Crippen LogP contribution in [0.3, 0.4) is 0 Å². The Morgan fingerprint density at radius 3 is 2.48 bits per heavy atom. The summed E-state index contributed by atoms with van der Waals surface area (Å²) in [7, 11) is 0. The summed E-state index contributed by atoms with van der Waals surface area (Å²) in [4.78, 5) is 16.6. The molecule has 3 nitrogen and oxygen atoms in total. The van der Waals surface area contributed by atoms with E-state index in [-0.39, 0.29) is 5.69 Å². The van der Waals surface area contributed by atoms with E-state index in [2.05, 4.69) is 22.1 Å². The fourth-order valence-electron chi connectivity index (χ4n) is 2.24. The van der Waals surface area contributed by atoms with Crippen molar-refractivity contribution in [1.82, 2.24) is 4.98 Å². The highest BCUT2D eigenvalue weighted by Gasteiger charge is 2.29. The molecule has 0 aliphatic carbocycles. The van der Waals surface area contributed by atoms with Gasteiger partial charge in [-0.05, 0) is 55.3 Å². The number of aryl methyl sites for hydroxylation is 1. The van der Waals surface area contributed by atoms with Crippen LogP contribution in [0, 0.1) is 18.8 Å². The Morgan fingerprint density at radius 2 is 1.85 bits per heavy atom. The average Bonchev–Trinajstić information content (AvgIpc) is 3.05. The predicted octanol–water partition coefficient (Wildman–Crippen LogP) is 5.12. The zero-order chi connectivity index (χ0) is 19.4. The van der Waals surface area contributed by atoms with Crippen molar-refractivity contribution in [3.8, 4) is 11.8 Å². The van der Waals surface area contributed by atoms with Gasteiger partial charge in [0.25, 0.3) is 5.91 Å². The number of hydrogen-bond donors (Lipinski definition) is 1. The van der Waals surface area contributed by atoms with Crippen LogP contribution < -0.4 is 5.32 Å². The number of nitrogens with zero attached hydrogens (tertiary/aromatic N) is 1. The van der Waals surface area contributed by atoms with Gasteiger partial charge >= 0.3 is 6.18 Å².